The highest BCUT2D eigenvalue weighted by Gasteiger charge is 1.79. The Morgan fingerprint density at radius 1 is 1.38 bits per heavy atom. The van der Waals surface area contributed by atoms with E-state index in [-0.39, 0.29) is 0 Å². The smallest absolute Gasteiger partial charge is 0.299 e. The van der Waals surface area contributed by atoms with Crippen LogP contribution in [-0.4, -0.2) is 18.0 Å². The van der Waals surface area contributed by atoms with Crippen LogP contribution in [0.2, 0.25) is 0 Å². The van der Waals surface area contributed by atoms with Crippen LogP contribution in [0.3, 0.4) is 0 Å². The number of hydrogen-bond donors (Lipinski definition) is 3. The molecule has 0 saturated carbocycles. The zero-order valence-corrected chi connectivity index (χ0v) is 4.93. The van der Waals surface area contributed by atoms with Gasteiger partial charge in [0.05, 0.1) is 0 Å². The van der Waals surface area contributed by atoms with E-state index in [1.807, 2.05) is 0 Å². The molecule has 0 rings (SSSR count). The summed E-state index contributed by atoms with van der Waals surface area (Å²) in [6.45, 7) is 0. The third kappa shape index (κ3) is 2970. The number of hydrogen-bond acceptors (Lipinski definition) is 4. The molecule has 0 amide bonds. The Hall–Kier alpha value is 0.240. The molecule has 8 heavy (non-hydrogen) atoms. The third-order valence-electron chi connectivity index (χ3n) is 0. The topological polar surface area (TPSA) is 124 Å². The minimum Gasteiger partial charge on any atom is -0.321 e. The van der Waals surface area contributed by atoms with E-state index in [0.717, 1.165) is 0 Å². The van der Waals surface area contributed by atoms with Gasteiger partial charge in [-0.3, -0.25) is 9.11 Å². The molecule has 0 fully saturated rings. The molecule has 0 aromatic carbocycles. The van der Waals surface area contributed by atoms with Gasteiger partial charge in [0, 0.05) is 4.66 Å². The van der Waals surface area contributed by atoms with E-state index >= 15 is 0 Å². The van der Waals surface area contributed by atoms with E-state index in [4.69, 9.17) is 27.3 Å². The second kappa shape index (κ2) is 7.24. The summed E-state index contributed by atoms with van der Waals surface area (Å²) < 4.78 is 46.8. The molecule has 0 aliphatic heterocycles. The zero-order valence-electron chi connectivity index (χ0n) is 3.35. The molecule has 0 bridgehead atoms. The lowest BCUT2D eigenvalue weighted by Gasteiger charge is -1.72. The molecule has 0 aliphatic carbocycles. The Labute approximate surface area is 50.3 Å². The molecule has 0 atom stereocenters. The highest BCUT2D eigenvalue weighted by atomic mass is 35.6. The molecule has 0 aliphatic rings. The molecule has 0 radical (unpaired) electrons. The van der Waals surface area contributed by atoms with Crippen molar-refractivity contribution in [3.63, 3.8) is 0 Å². The number of halogens is 1. The van der Waals surface area contributed by atoms with Crippen molar-refractivity contribution in [3.05, 3.63) is 0 Å². The van der Waals surface area contributed by atoms with Crippen LogP contribution in [0.15, 0.2) is 0 Å². The Bertz CT molecular complexity index is 52.8. The van der Waals surface area contributed by atoms with Gasteiger partial charge in [-0.05, 0) is 0 Å². The summed E-state index contributed by atoms with van der Waals surface area (Å²) in [6.07, 6.45) is 0. The molecule has 6 nitrogen and oxygen atoms in total. The first-order valence-corrected chi connectivity index (χ1v) is 3.03. The fourth-order valence-electron chi connectivity index (χ4n) is 0. The van der Waals surface area contributed by atoms with Crippen LogP contribution in [0.25, 0.3) is 0 Å². The van der Waals surface area contributed by atoms with Gasteiger partial charge in [-0.1, -0.05) is 0 Å². The van der Waals surface area contributed by atoms with Crippen molar-refractivity contribution in [2.45, 2.75) is 0 Å². The first kappa shape index (κ1) is 11.1. The zero-order chi connectivity index (χ0) is 7.15. The van der Waals surface area contributed by atoms with Crippen molar-refractivity contribution < 1.29 is 38.1 Å². The van der Waals surface area contributed by atoms with Crippen LogP contribution >= 0.6 is 0 Å². The van der Waals surface area contributed by atoms with Crippen LogP contribution in [0.5, 0.6) is 0 Å². The predicted octanol–water partition coefficient (Wildman–Crippen LogP) is -3.25. The molecule has 8 heteroatoms. The second-order valence-corrected chi connectivity index (χ2v) is 1.30. The monoisotopic (exact) mass is 166 g/mol. The van der Waals surface area contributed by atoms with E-state index in [9.17, 15) is 0 Å². The molecule has 0 saturated heterocycles. The molecule has 52 valence electrons. The molecular weight excluding hydrogens is 164 g/mol. The maximum absolute atomic E-state index is 8.67. The van der Waals surface area contributed by atoms with Crippen LogP contribution in [-0.2, 0) is 11.4 Å². The van der Waals surface area contributed by atoms with Crippen molar-refractivity contribution in [1.29, 1.82) is 0 Å². The van der Waals surface area contributed by atoms with Gasteiger partial charge >= 0.3 is 0 Å². The Balaban J connectivity index is 0. The summed E-state index contributed by atoms with van der Waals surface area (Å²) in [5.74, 6) is 0. The fraction of sp³-hybridized carbons (Fsp3) is 0. The first-order valence-electron chi connectivity index (χ1n) is 1.01. The number of rotatable bonds is 0. The van der Waals surface area contributed by atoms with Gasteiger partial charge < -0.3 is 9.32 Å². The molecule has 0 heterocycles. The average molecular weight is 167 g/mol. The van der Waals surface area contributed by atoms with Gasteiger partial charge in [0.1, 0.15) is 0 Å². The molecule has 0 aromatic rings. The lowest BCUT2D eigenvalue weighted by Crippen LogP contribution is -2.30. The van der Waals surface area contributed by atoms with Crippen molar-refractivity contribution in [1.82, 2.24) is 0 Å². The van der Waals surface area contributed by atoms with E-state index in [0.29, 0.717) is 0 Å². The highest BCUT2D eigenvalue weighted by molar-refractivity contribution is 7.73. The van der Waals surface area contributed by atoms with Gasteiger partial charge in [0.25, 0.3) is 22.1 Å². The van der Waals surface area contributed by atoms with E-state index in [1.165, 1.54) is 0 Å². The lowest BCUT2D eigenvalue weighted by molar-refractivity contribution is -1.63. The standard InChI is InChI=1S/ClHO3.H2O3S/c2-1(3)4;1-4(2)3/h2H;(H2,1,2,3). The van der Waals surface area contributed by atoms with E-state index in [1.54, 1.807) is 0 Å². The van der Waals surface area contributed by atoms with Crippen molar-refractivity contribution in [3.8, 4) is 0 Å². The van der Waals surface area contributed by atoms with E-state index in [2.05, 4.69) is 0 Å². The molecule has 0 aromatic heterocycles. The summed E-state index contributed by atoms with van der Waals surface area (Å²) in [4.78, 5) is 0. The van der Waals surface area contributed by atoms with Crippen molar-refractivity contribution >= 4 is 11.4 Å². The maximum atomic E-state index is 8.67. The molecule has 0 unspecified atom stereocenters. The van der Waals surface area contributed by atoms with Gasteiger partial charge in [-0.25, -0.2) is 0 Å². The molecule has 3 N–H and O–H groups in total. The Morgan fingerprint density at radius 3 is 1.38 bits per heavy atom. The molecular formula is H3ClO6S. The second-order valence-electron chi connectivity index (χ2n) is 0.432. The quantitative estimate of drug-likeness (QED) is 0.325. The van der Waals surface area contributed by atoms with Crippen LogP contribution in [0.1, 0.15) is 0 Å². The van der Waals surface area contributed by atoms with Crippen LogP contribution in [0, 0.1) is 10.8 Å². The largest absolute Gasteiger partial charge is 0.321 e. The van der Waals surface area contributed by atoms with Gasteiger partial charge in [0.15, 0.2) is 0 Å². The van der Waals surface area contributed by atoms with Gasteiger partial charge in [-0.2, -0.15) is 4.21 Å². The minimum atomic E-state index is -2.61. The predicted molar refractivity (Wildman–Crippen MR) is 15.6 cm³/mol. The van der Waals surface area contributed by atoms with Gasteiger partial charge in [-0.15, -0.1) is 0 Å². The first-order chi connectivity index (χ1) is 3.46. The minimum absolute atomic E-state index is 2.60. The summed E-state index contributed by atoms with van der Waals surface area (Å²) in [5.41, 5.74) is 0. The van der Waals surface area contributed by atoms with E-state index < -0.39 is 22.1 Å². The summed E-state index contributed by atoms with van der Waals surface area (Å²) >= 11 is -2.61. The Kier molecular flexibility index (Phi) is 10.0. The summed E-state index contributed by atoms with van der Waals surface area (Å²) in [5, 5.41) is 0. The third-order valence-corrected chi connectivity index (χ3v) is 0. The Morgan fingerprint density at radius 2 is 1.38 bits per heavy atom. The van der Waals surface area contributed by atoms with Crippen LogP contribution in [0.4, 0.5) is 0 Å². The average Bonchev–Trinajstić information content (AvgIpc) is 1.25. The van der Waals surface area contributed by atoms with Gasteiger partial charge in [0.2, 0.25) is 0 Å². The summed E-state index contributed by atoms with van der Waals surface area (Å²) in [7, 11) is -2.60. The summed E-state index contributed by atoms with van der Waals surface area (Å²) in [6, 6.07) is 0. The lowest BCUT2D eigenvalue weighted by atomic mass is 15.8. The fourth-order valence-corrected chi connectivity index (χ4v) is 0. The highest BCUT2D eigenvalue weighted by Crippen LogP contribution is 1.44. The maximum Gasteiger partial charge on any atom is 0.299 e. The van der Waals surface area contributed by atoms with Crippen molar-refractivity contribution in [2.24, 2.45) is 0 Å². The van der Waals surface area contributed by atoms with Crippen LogP contribution < -0.4 is 9.32 Å². The van der Waals surface area contributed by atoms with Crippen molar-refractivity contribution in [2.75, 3.05) is 0 Å². The molecule has 0 spiro atoms. The SMILES string of the molecule is O=S(O)O.[O-][Cl+2]([O-])O. The normalized spacial score (nSPS) is 8.88.